The first-order valence-corrected chi connectivity index (χ1v) is 7.23. The van der Waals surface area contributed by atoms with Crippen LogP contribution < -0.4 is 15.4 Å². The van der Waals surface area contributed by atoms with Crippen LogP contribution in [0, 0.1) is 5.92 Å². The van der Waals surface area contributed by atoms with Crippen molar-refractivity contribution >= 4 is 11.6 Å². The number of hydrogen-bond donors (Lipinski definition) is 2. The van der Waals surface area contributed by atoms with Crippen molar-refractivity contribution in [2.45, 2.75) is 26.3 Å². The molecule has 1 aliphatic rings. The van der Waals surface area contributed by atoms with Gasteiger partial charge >= 0.3 is 0 Å². The molecule has 2 N–H and O–H groups in total. The Labute approximate surface area is 120 Å². The van der Waals surface area contributed by atoms with Crippen LogP contribution in [0.15, 0.2) is 6.33 Å². The molecule has 20 heavy (non-hydrogen) atoms. The molecule has 2 heterocycles. The Balaban J connectivity index is 2.14. The van der Waals surface area contributed by atoms with Crippen molar-refractivity contribution < 1.29 is 4.74 Å². The topological polar surface area (TPSA) is 62.3 Å². The molecule has 0 aliphatic carbocycles. The van der Waals surface area contributed by atoms with E-state index < -0.39 is 0 Å². The highest BCUT2D eigenvalue weighted by atomic mass is 16.5. The molecule has 0 aromatic carbocycles. The van der Waals surface area contributed by atoms with Gasteiger partial charge in [-0.1, -0.05) is 6.92 Å². The average Bonchev–Trinajstić information content (AvgIpc) is 2.42. The van der Waals surface area contributed by atoms with Crippen molar-refractivity contribution in [2.24, 2.45) is 5.92 Å². The zero-order valence-corrected chi connectivity index (χ0v) is 12.8. The van der Waals surface area contributed by atoms with E-state index in [2.05, 4.69) is 39.5 Å². The van der Waals surface area contributed by atoms with E-state index in [1.165, 1.54) is 0 Å². The number of nitrogens with zero attached hydrogens (tertiary/aromatic N) is 3. The Morgan fingerprint density at radius 2 is 2.15 bits per heavy atom. The third-order valence-electron chi connectivity index (χ3n) is 3.78. The predicted molar refractivity (Wildman–Crippen MR) is 81.4 cm³/mol. The Morgan fingerprint density at radius 1 is 1.40 bits per heavy atom. The van der Waals surface area contributed by atoms with Crippen molar-refractivity contribution in [1.29, 1.82) is 0 Å². The van der Waals surface area contributed by atoms with E-state index in [1.54, 1.807) is 13.4 Å². The van der Waals surface area contributed by atoms with E-state index >= 15 is 0 Å². The van der Waals surface area contributed by atoms with Crippen molar-refractivity contribution in [3.8, 4) is 5.75 Å². The minimum atomic E-state index is 0.421. The van der Waals surface area contributed by atoms with Crippen LogP contribution in [0.3, 0.4) is 0 Å². The SMILES string of the molecule is CCNc1ncnc(NC2CCN(C)CC2C)c1OC. The van der Waals surface area contributed by atoms with Gasteiger partial charge in [0.25, 0.3) is 0 Å². The third kappa shape index (κ3) is 3.30. The van der Waals surface area contributed by atoms with Crippen LogP contribution in [0.4, 0.5) is 11.6 Å². The fourth-order valence-corrected chi connectivity index (χ4v) is 2.71. The van der Waals surface area contributed by atoms with Gasteiger partial charge in [-0.3, -0.25) is 0 Å². The van der Waals surface area contributed by atoms with Crippen LogP contribution in [0.1, 0.15) is 20.3 Å². The number of piperidine rings is 1. The van der Waals surface area contributed by atoms with Gasteiger partial charge in [0.15, 0.2) is 11.6 Å². The highest BCUT2D eigenvalue weighted by molar-refractivity contribution is 5.63. The second-order valence-electron chi connectivity index (χ2n) is 5.41. The summed E-state index contributed by atoms with van der Waals surface area (Å²) in [6.07, 6.45) is 2.68. The Bertz CT molecular complexity index is 440. The first-order chi connectivity index (χ1) is 9.65. The van der Waals surface area contributed by atoms with E-state index in [0.717, 1.165) is 37.7 Å². The molecule has 2 atom stereocenters. The Kier molecular flexibility index (Phi) is 5.00. The first kappa shape index (κ1) is 14.8. The van der Waals surface area contributed by atoms with Gasteiger partial charge in [0.1, 0.15) is 6.33 Å². The molecular weight excluding hydrogens is 254 g/mol. The minimum absolute atomic E-state index is 0.421. The van der Waals surface area contributed by atoms with Gasteiger partial charge < -0.3 is 20.3 Å². The standard InChI is InChI=1S/C14H25N5O/c1-5-15-13-12(20-4)14(17-9-16-13)18-11-6-7-19(3)8-10(11)2/h9-11H,5-8H2,1-4H3,(H2,15,16,17,18). The van der Waals surface area contributed by atoms with E-state index in [4.69, 9.17) is 4.74 Å². The number of anilines is 2. The lowest BCUT2D eigenvalue weighted by Gasteiger charge is -2.35. The van der Waals surface area contributed by atoms with Crippen LogP contribution in [0.25, 0.3) is 0 Å². The number of nitrogens with one attached hydrogen (secondary N) is 2. The number of likely N-dealkylation sites (tertiary alicyclic amines) is 1. The zero-order chi connectivity index (χ0) is 14.5. The molecule has 1 aromatic rings. The molecule has 0 spiro atoms. The molecule has 6 heteroatoms. The molecule has 1 aliphatic heterocycles. The van der Waals surface area contributed by atoms with Gasteiger partial charge in [0.05, 0.1) is 7.11 Å². The average molecular weight is 279 g/mol. The summed E-state index contributed by atoms with van der Waals surface area (Å²) in [6.45, 7) is 7.32. The summed E-state index contributed by atoms with van der Waals surface area (Å²) in [6, 6.07) is 0.421. The van der Waals surface area contributed by atoms with Crippen LogP contribution in [-0.2, 0) is 0 Å². The maximum atomic E-state index is 5.47. The molecule has 0 amide bonds. The second kappa shape index (κ2) is 6.74. The minimum Gasteiger partial charge on any atom is -0.490 e. The highest BCUT2D eigenvalue weighted by Gasteiger charge is 2.25. The van der Waals surface area contributed by atoms with Gasteiger partial charge in [-0.05, 0) is 32.9 Å². The van der Waals surface area contributed by atoms with Crippen molar-refractivity contribution in [2.75, 3.05) is 44.4 Å². The fraction of sp³-hybridized carbons (Fsp3) is 0.714. The fourth-order valence-electron chi connectivity index (χ4n) is 2.71. The van der Waals surface area contributed by atoms with E-state index in [9.17, 15) is 0 Å². The first-order valence-electron chi connectivity index (χ1n) is 7.23. The summed E-state index contributed by atoms with van der Waals surface area (Å²) < 4.78 is 5.47. The highest BCUT2D eigenvalue weighted by Crippen LogP contribution is 2.31. The lowest BCUT2D eigenvalue weighted by atomic mass is 9.94. The molecule has 0 bridgehead atoms. The molecule has 112 valence electrons. The molecule has 2 rings (SSSR count). The number of aromatic nitrogens is 2. The number of ether oxygens (including phenoxy) is 1. The smallest absolute Gasteiger partial charge is 0.204 e. The van der Waals surface area contributed by atoms with Gasteiger partial charge in [0, 0.05) is 19.1 Å². The molecule has 1 fully saturated rings. The molecule has 1 saturated heterocycles. The summed E-state index contributed by atoms with van der Waals surface area (Å²) in [7, 11) is 3.82. The van der Waals surface area contributed by atoms with Crippen molar-refractivity contribution in [3.05, 3.63) is 6.33 Å². The summed E-state index contributed by atoms with van der Waals surface area (Å²) in [5, 5.41) is 6.73. The molecule has 0 saturated carbocycles. The quantitative estimate of drug-likeness (QED) is 0.855. The number of hydrogen-bond acceptors (Lipinski definition) is 6. The van der Waals surface area contributed by atoms with E-state index in [-0.39, 0.29) is 0 Å². The zero-order valence-electron chi connectivity index (χ0n) is 12.8. The maximum Gasteiger partial charge on any atom is 0.204 e. The van der Waals surface area contributed by atoms with E-state index in [0.29, 0.717) is 17.7 Å². The molecule has 2 unspecified atom stereocenters. The monoisotopic (exact) mass is 279 g/mol. The van der Waals surface area contributed by atoms with Crippen molar-refractivity contribution in [3.63, 3.8) is 0 Å². The van der Waals surface area contributed by atoms with Crippen LogP contribution in [0.5, 0.6) is 5.75 Å². The van der Waals surface area contributed by atoms with Crippen molar-refractivity contribution in [1.82, 2.24) is 14.9 Å². The number of methoxy groups -OCH3 is 1. The van der Waals surface area contributed by atoms with Gasteiger partial charge in [-0.25, -0.2) is 9.97 Å². The normalized spacial score (nSPS) is 23.4. The lowest BCUT2D eigenvalue weighted by molar-refractivity contribution is 0.205. The largest absolute Gasteiger partial charge is 0.490 e. The summed E-state index contributed by atoms with van der Waals surface area (Å²) in [5.74, 6) is 2.80. The predicted octanol–water partition coefficient (Wildman–Crippen LogP) is 1.67. The lowest BCUT2D eigenvalue weighted by Crippen LogP contribution is -2.43. The number of rotatable bonds is 5. The Hall–Kier alpha value is -1.56. The molecule has 6 nitrogen and oxygen atoms in total. The third-order valence-corrected chi connectivity index (χ3v) is 3.78. The second-order valence-corrected chi connectivity index (χ2v) is 5.41. The van der Waals surface area contributed by atoms with Crippen LogP contribution in [0.2, 0.25) is 0 Å². The van der Waals surface area contributed by atoms with Gasteiger partial charge in [-0.2, -0.15) is 0 Å². The summed E-state index contributed by atoms with van der Waals surface area (Å²) in [5.41, 5.74) is 0. The summed E-state index contributed by atoms with van der Waals surface area (Å²) in [4.78, 5) is 10.9. The maximum absolute atomic E-state index is 5.47. The summed E-state index contributed by atoms with van der Waals surface area (Å²) >= 11 is 0. The van der Waals surface area contributed by atoms with Gasteiger partial charge in [-0.15, -0.1) is 0 Å². The molecular formula is C14H25N5O. The van der Waals surface area contributed by atoms with Crippen LogP contribution in [-0.4, -0.2) is 54.7 Å². The Morgan fingerprint density at radius 3 is 2.80 bits per heavy atom. The van der Waals surface area contributed by atoms with Crippen LogP contribution >= 0.6 is 0 Å². The van der Waals surface area contributed by atoms with E-state index in [1.807, 2.05) is 6.92 Å². The van der Waals surface area contributed by atoms with Gasteiger partial charge in [0.2, 0.25) is 5.75 Å². The molecule has 1 aromatic heterocycles. The molecule has 0 radical (unpaired) electrons.